The SMILES string of the molecule is CC[C@H](C(=O)N(Cc1cc(NC(=O)c2ccccc2Cl)ccc1N(C)C)C1CC1)c1ccccc1. The number of anilines is 2. The Labute approximate surface area is 212 Å². The van der Waals surface area contributed by atoms with E-state index in [1.165, 1.54) is 0 Å². The third-order valence-corrected chi connectivity index (χ3v) is 6.79. The van der Waals surface area contributed by atoms with E-state index in [0.29, 0.717) is 22.8 Å². The molecule has 0 saturated heterocycles. The van der Waals surface area contributed by atoms with Crippen molar-refractivity contribution < 1.29 is 9.59 Å². The monoisotopic (exact) mass is 489 g/mol. The van der Waals surface area contributed by atoms with E-state index in [0.717, 1.165) is 36.1 Å². The van der Waals surface area contributed by atoms with Crippen LogP contribution in [0.1, 0.15) is 53.6 Å². The third-order valence-electron chi connectivity index (χ3n) is 6.46. The van der Waals surface area contributed by atoms with Gasteiger partial charge in [-0.3, -0.25) is 9.59 Å². The largest absolute Gasteiger partial charge is 0.377 e. The van der Waals surface area contributed by atoms with Gasteiger partial charge in [-0.15, -0.1) is 0 Å². The van der Waals surface area contributed by atoms with Crippen molar-refractivity contribution in [2.75, 3.05) is 24.3 Å². The Balaban J connectivity index is 1.61. The number of hydrogen-bond donors (Lipinski definition) is 1. The number of nitrogens with one attached hydrogen (secondary N) is 1. The zero-order chi connectivity index (χ0) is 24.9. The first-order valence-electron chi connectivity index (χ1n) is 12.1. The van der Waals surface area contributed by atoms with E-state index in [9.17, 15) is 9.59 Å². The molecule has 0 aliphatic heterocycles. The molecular formula is C29H32ClN3O2. The summed E-state index contributed by atoms with van der Waals surface area (Å²) in [4.78, 5) is 30.7. The van der Waals surface area contributed by atoms with Crippen LogP contribution < -0.4 is 10.2 Å². The molecule has 4 rings (SSSR count). The normalized spacial score (nSPS) is 13.7. The topological polar surface area (TPSA) is 52.7 Å². The Bertz CT molecular complexity index is 1190. The van der Waals surface area contributed by atoms with Crippen molar-refractivity contribution >= 4 is 34.8 Å². The van der Waals surface area contributed by atoms with Crippen LogP contribution in [0, 0.1) is 0 Å². The van der Waals surface area contributed by atoms with Crippen LogP contribution in [0.4, 0.5) is 11.4 Å². The van der Waals surface area contributed by atoms with E-state index in [-0.39, 0.29) is 23.8 Å². The van der Waals surface area contributed by atoms with Gasteiger partial charge >= 0.3 is 0 Å². The zero-order valence-corrected chi connectivity index (χ0v) is 21.3. The summed E-state index contributed by atoms with van der Waals surface area (Å²) in [5.41, 5.74) is 4.17. The van der Waals surface area contributed by atoms with Gasteiger partial charge in [-0.2, -0.15) is 0 Å². The van der Waals surface area contributed by atoms with E-state index < -0.39 is 0 Å². The molecule has 0 spiro atoms. The molecule has 182 valence electrons. The van der Waals surface area contributed by atoms with Crippen LogP contribution in [0.5, 0.6) is 0 Å². The Morgan fingerprint density at radius 1 is 1.00 bits per heavy atom. The fraction of sp³-hybridized carbons (Fsp3) is 0.310. The van der Waals surface area contributed by atoms with E-state index in [4.69, 9.17) is 11.6 Å². The van der Waals surface area contributed by atoms with Crippen molar-refractivity contribution in [3.05, 3.63) is 94.5 Å². The van der Waals surface area contributed by atoms with Crippen molar-refractivity contribution in [3.63, 3.8) is 0 Å². The maximum absolute atomic E-state index is 13.8. The van der Waals surface area contributed by atoms with Crippen LogP contribution >= 0.6 is 11.6 Å². The van der Waals surface area contributed by atoms with Crippen LogP contribution in [0.15, 0.2) is 72.8 Å². The molecule has 0 unspecified atom stereocenters. The van der Waals surface area contributed by atoms with Gasteiger partial charge in [0.25, 0.3) is 5.91 Å². The van der Waals surface area contributed by atoms with E-state index in [2.05, 4.69) is 12.2 Å². The summed E-state index contributed by atoms with van der Waals surface area (Å²) in [6.45, 7) is 2.56. The second-order valence-electron chi connectivity index (χ2n) is 9.24. The quantitative estimate of drug-likeness (QED) is 0.381. The first-order chi connectivity index (χ1) is 16.9. The molecule has 3 aromatic carbocycles. The Morgan fingerprint density at radius 2 is 1.69 bits per heavy atom. The number of benzene rings is 3. The lowest BCUT2D eigenvalue weighted by molar-refractivity contribution is -0.134. The minimum absolute atomic E-state index is 0.163. The Hall–Kier alpha value is -3.31. The predicted molar refractivity (Wildman–Crippen MR) is 143 cm³/mol. The highest BCUT2D eigenvalue weighted by molar-refractivity contribution is 6.34. The first kappa shape index (κ1) is 24.8. The maximum atomic E-state index is 13.8. The molecule has 2 amide bonds. The van der Waals surface area contributed by atoms with Crippen LogP contribution in [0.25, 0.3) is 0 Å². The molecule has 1 N–H and O–H groups in total. The summed E-state index contributed by atoms with van der Waals surface area (Å²) >= 11 is 6.21. The lowest BCUT2D eigenvalue weighted by Crippen LogP contribution is -2.36. The number of halogens is 1. The standard InChI is InChI=1S/C29H32ClN3O2/c1-4-24(20-10-6-5-7-11-20)29(35)33(23-15-16-23)19-21-18-22(14-17-27(21)32(2)3)31-28(34)25-12-8-9-13-26(25)30/h5-14,17-18,23-24H,4,15-16,19H2,1-3H3,(H,31,34)/t24-/m0/s1. The second-order valence-corrected chi connectivity index (χ2v) is 9.65. The van der Waals surface area contributed by atoms with E-state index >= 15 is 0 Å². The summed E-state index contributed by atoms with van der Waals surface area (Å²) < 4.78 is 0. The van der Waals surface area contributed by atoms with Crippen LogP contribution in [-0.2, 0) is 11.3 Å². The number of carbonyl (C=O) groups is 2. The minimum atomic E-state index is -0.260. The van der Waals surface area contributed by atoms with Gasteiger partial charge in [0.2, 0.25) is 5.91 Å². The molecule has 0 heterocycles. The Morgan fingerprint density at radius 3 is 2.31 bits per heavy atom. The molecule has 1 aliphatic carbocycles. The van der Waals surface area contributed by atoms with Crippen molar-refractivity contribution in [1.29, 1.82) is 0 Å². The van der Waals surface area contributed by atoms with Gasteiger partial charge in [0, 0.05) is 38.1 Å². The molecule has 1 fully saturated rings. The van der Waals surface area contributed by atoms with Crippen molar-refractivity contribution in [2.45, 2.75) is 44.7 Å². The fourth-order valence-corrected chi connectivity index (χ4v) is 4.69. The number of nitrogens with zero attached hydrogens (tertiary/aromatic N) is 2. The molecule has 6 heteroatoms. The number of carbonyl (C=O) groups excluding carboxylic acids is 2. The molecule has 0 radical (unpaired) electrons. The number of rotatable bonds is 9. The Kier molecular flexibility index (Phi) is 7.76. The van der Waals surface area contributed by atoms with Gasteiger partial charge in [0.15, 0.2) is 0 Å². The van der Waals surface area contributed by atoms with Crippen molar-refractivity contribution in [1.82, 2.24) is 4.90 Å². The summed E-state index contributed by atoms with van der Waals surface area (Å²) in [5, 5.41) is 3.38. The highest BCUT2D eigenvalue weighted by Crippen LogP contribution is 2.35. The molecule has 1 aliphatic rings. The summed E-state index contributed by atoms with van der Waals surface area (Å²) in [7, 11) is 3.98. The lowest BCUT2D eigenvalue weighted by atomic mass is 9.94. The number of hydrogen-bond acceptors (Lipinski definition) is 3. The molecule has 0 aromatic heterocycles. The molecule has 1 saturated carbocycles. The summed E-state index contributed by atoms with van der Waals surface area (Å²) in [6, 6.07) is 23.1. The van der Waals surface area contributed by atoms with E-state index in [1.54, 1.807) is 24.3 Å². The smallest absolute Gasteiger partial charge is 0.257 e. The average Bonchev–Trinajstić information content (AvgIpc) is 3.69. The van der Waals surface area contributed by atoms with Crippen LogP contribution in [-0.4, -0.2) is 36.9 Å². The van der Waals surface area contributed by atoms with Gasteiger partial charge in [0.05, 0.1) is 16.5 Å². The fourth-order valence-electron chi connectivity index (χ4n) is 4.47. The third kappa shape index (κ3) is 5.85. The van der Waals surface area contributed by atoms with Crippen LogP contribution in [0.2, 0.25) is 5.02 Å². The van der Waals surface area contributed by atoms with Crippen LogP contribution in [0.3, 0.4) is 0 Å². The highest BCUT2D eigenvalue weighted by Gasteiger charge is 2.36. The maximum Gasteiger partial charge on any atom is 0.257 e. The van der Waals surface area contributed by atoms with Gasteiger partial charge in [-0.05, 0) is 60.7 Å². The van der Waals surface area contributed by atoms with Crippen molar-refractivity contribution in [2.24, 2.45) is 0 Å². The second kappa shape index (κ2) is 11.0. The minimum Gasteiger partial charge on any atom is -0.377 e. The molecule has 1 atom stereocenters. The molecule has 35 heavy (non-hydrogen) atoms. The highest BCUT2D eigenvalue weighted by atomic mass is 35.5. The van der Waals surface area contributed by atoms with Gasteiger partial charge in [-0.25, -0.2) is 0 Å². The molecular weight excluding hydrogens is 458 g/mol. The van der Waals surface area contributed by atoms with E-state index in [1.807, 2.05) is 72.4 Å². The predicted octanol–water partition coefficient (Wildman–Crippen LogP) is 6.34. The summed E-state index contributed by atoms with van der Waals surface area (Å²) in [6.07, 6.45) is 2.80. The van der Waals surface area contributed by atoms with Crippen molar-refractivity contribution in [3.8, 4) is 0 Å². The average molecular weight is 490 g/mol. The molecule has 5 nitrogen and oxygen atoms in total. The lowest BCUT2D eigenvalue weighted by Gasteiger charge is -2.29. The first-order valence-corrected chi connectivity index (χ1v) is 12.5. The molecule has 0 bridgehead atoms. The zero-order valence-electron chi connectivity index (χ0n) is 20.5. The number of amides is 2. The van der Waals surface area contributed by atoms with Gasteiger partial charge < -0.3 is 15.1 Å². The van der Waals surface area contributed by atoms with Gasteiger partial charge in [0.1, 0.15) is 0 Å². The van der Waals surface area contributed by atoms with Gasteiger partial charge in [-0.1, -0.05) is 61.0 Å². The molecule has 3 aromatic rings. The summed E-state index contributed by atoms with van der Waals surface area (Å²) in [5.74, 6) is -0.261.